The molecule has 1 N–H and O–H groups in total. The van der Waals surface area contributed by atoms with Gasteiger partial charge in [0, 0.05) is 50.0 Å². The van der Waals surface area contributed by atoms with E-state index in [1.807, 2.05) is 29.2 Å². The normalized spacial score (nSPS) is 11.2. The largest absolute Gasteiger partial charge is 0.395 e. The van der Waals surface area contributed by atoms with Crippen LogP contribution in [-0.4, -0.2) is 32.7 Å². The zero-order chi connectivity index (χ0) is 17.6. The second kappa shape index (κ2) is 8.00. The molecule has 0 aliphatic rings. The highest BCUT2D eigenvalue weighted by Gasteiger charge is 2.13. The Morgan fingerprint density at radius 2 is 1.96 bits per heavy atom. The average molecular weight is 343 g/mol. The molecule has 0 saturated carbocycles. The highest BCUT2D eigenvalue weighted by atomic mass is 19.1. The lowest BCUT2D eigenvalue weighted by atomic mass is 10.2. The first kappa shape index (κ1) is 17.3. The molecule has 6 heteroatoms. The molecular formula is C19H19F2N3O. The van der Waals surface area contributed by atoms with Crippen molar-refractivity contribution in [1.82, 2.24) is 14.5 Å². The van der Waals surface area contributed by atoms with Gasteiger partial charge in [-0.3, -0.25) is 9.88 Å². The van der Waals surface area contributed by atoms with Crippen LogP contribution in [0.25, 0.3) is 5.69 Å². The lowest BCUT2D eigenvalue weighted by Crippen LogP contribution is -2.27. The number of halogens is 2. The van der Waals surface area contributed by atoms with Gasteiger partial charge in [-0.15, -0.1) is 0 Å². The van der Waals surface area contributed by atoms with Crippen LogP contribution in [0, 0.1) is 11.6 Å². The number of benzene rings is 1. The minimum Gasteiger partial charge on any atom is -0.395 e. The van der Waals surface area contributed by atoms with Gasteiger partial charge in [-0.25, -0.2) is 8.78 Å². The summed E-state index contributed by atoms with van der Waals surface area (Å²) in [6.45, 7) is 1.63. The minimum atomic E-state index is -0.613. The van der Waals surface area contributed by atoms with Crippen molar-refractivity contribution in [3.63, 3.8) is 0 Å². The topological polar surface area (TPSA) is 41.3 Å². The molecule has 0 amide bonds. The van der Waals surface area contributed by atoms with Crippen molar-refractivity contribution in [2.24, 2.45) is 0 Å². The molecule has 3 aromatic rings. The first-order chi connectivity index (χ1) is 12.2. The van der Waals surface area contributed by atoms with Crippen LogP contribution in [0.5, 0.6) is 0 Å². The lowest BCUT2D eigenvalue weighted by Gasteiger charge is -2.22. The number of hydrogen-bond acceptors (Lipinski definition) is 3. The Balaban J connectivity index is 1.82. The second-order valence-electron chi connectivity index (χ2n) is 5.76. The molecule has 0 unspecified atom stereocenters. The predicted molar refractivity (Wildman–Crippen MR) is 91.1 cm³/mol. The number of aromatic nitrogens is 2. The number of hydrogen-bond donors (Lipinski definition) is 1. The van der Waals surface area contributed by atoms with Crippen molar-refractivity contribution < 1.29 is 13.9 Å². The highest BCUT2D eigenvalue weighted by molar-refractivity contribution is 5.37. The summed E-state index contributed by atoms with van der Waals surface area (Å²) < 4.78 is 29.0. The molecule has 2 aromatic heterocycles. The van der Waals surface area contributed by atoms with E-state index in [1.54, 1.807) is 23.2 Å². The quantitative estimate of drug-likeness (QED) is 0.717. The van der Waals surface area contributed by atoms with Crippen LogP contribution in [0.4, 0.5) is 8.78 Å². The molecule has 0 aliphatic heterocycles. The van der Waals surface area contributed by atoms with E-state index in [0.717, 1.165) is 17.3 Å². The van der Waals surface area contributed by atoms with Crippen LogP contribution in [0.1, 0.15) is 11.3 Å². The van der Waals surface area contributed by atoms with E-state index in [9.17, 15) is 13.9 Å². The van der Waals surface area contributed by atoms with E-state index >= 15 is 0 Å². The Kier molecular flexibility index (Phi) is 5.53. The maximum Gasteiger partial charge on any atom is 0.150 e. The van der Waals surface area contributed by atoms with Gasteiger partial charge in [0.05, 0.1) is 12.3 Å². The number of aliphatic hydroxyl groups is 1. The summed E-state index contributed by atoms with van der Waals surface area (Å²) in [5.41, 5.74) is 2.18. The highest BCUT2D eigenvalue weighted by Crippen LogP contribution is 2.19. The zero-order valence-corrected chi connectivity index (χ0v) is 13.6. The lowest BCUT2D eigenvalue weighted by molar-refractivity contribution is 0.182. The van der Waals surface area contributed by atoms with Crippen LogP contribution >= 0.6 is 0 Å². The molecule has 130 valence electrons. The summed E-state index contributed by atoms with van der Waals surface area (Å²) in [4.78, 5) is 6.15. The van der Waals surface area contributed by atoms with Crippen molar-refractivity contribution >= 4 is 0 Å². The maximum absolute atomic E-state index is 14.1. The molecule has 0 spiro atoms. The van der Waals surface area contributed by atoms with E-state index in [1.165, 1.54) is 12.1 Å². The van der Waals surface area contributed by atoms with Crippen LogP contribution in [0.2, 0.25) is 0 Å². The monoisotopic (exact) mass is 343 g/mol. The molecule has 3 rings (SSSR count). The molecule has 0 aliphatic carbocycles. The fourth-order valence-corrected chi connectivity index (χ4v) is 2.79. The Morgan fingerprint density at radius 1 is 1.08 bits per heavy atom. The van der Waals surface area contributed by atoms with Crippen molar-refractivity contribution in [2.75, 3.05) is 13.2 Å². The SMILES string of the molecule is OCCN(Cc1cccnc1)Cc1cccn1-c1ccc(F)cc1F. The molecule has 4 nitrogen and oxygen atoms in total. The first-order valence-corrected chi connectivity index (χ1v) is 8.01. The van der Waals surface area contributed by atoms with E-state index in [4.69, 9.17) is 0 Å². The third-order valence-corrected chi connectivity index (χ3v) is 3.93. The second-order valence-corrected chi connectivity index (χ2v) is 5.76. The predicted octanol–water partition coefficient (Wildman–Crippen LogP) is 3.15. The molecule has 0 radical (unpaired) electrons. The van der Waals surface area contributed by atoms with Gasteiger partial charge in [-0.1, -0.05) is 6.07 Å². The third-order valence-electron chi connectivity index (χ3n) is 3.93. The van der Waals surface area contributed by atoms with Crippen LogP contribution in [0.3, 0.4) is 0 Å². The van der Waals surface area contributed by atoms with Crippen LogP contribution in [-0.2, 0) is 13.1 Å². The number of aliphatic hydroxyl groups excluding tert-OH is 1. The summed E-state index contributed by atoms with van der Waals surface area (Å²) in [7, 11) is 0. The summed E-state index contributed by atoms with van der Waals surface area (Å²) in [5, 5.41) is 9.34. The molecule has 0 saturated heterocycles. The third kappa shape index (κ3) is 4.29. The number of nitrogens with zero attached hydrogens (tertiary/aromatic N) is 3. The number of rotatable bonds is 7. The van der Waals surface area contributed by atoms with Crippen molar-refractivity contribution in [3.8, 4) is 5.69 Å². The van der Waals surface area contributed by atoms with Crippen molar-refractivity contribution in [3.05, 3.63) is 83.9 Å². The van der Waals surface area contributed by atoms with Crippen molar-refractivity contribution in [1.29, 1.82) is 0 Å². The molecule has 25 heavy (non-hydrogen) atoms. The van der Waals surface area contributed by atoms with E-state index in [-0.39, 0.29) is 6.61 Å². The first-order valence-electron chi connectivity index (χ1n) is 8.01. The Bertz CT molecular complexity index is 821. The van der Waals surface area contributed by atoms with Gasteiger partial charge in [0.15, 0.2) is 0 Å². The van der Waals surface area contributed by atoms with Gasteiger partial charge in [-0.2, -0.15) is 0 Å². The van der Waals surface area contributed by atoms with Crippen molar-refractivity contribution in [2.45, 2.75) is 13.1 Å². The standard InChI is InChI=1S/C19H19F2N3O/c20-16-5-6-19(18(21)11-16)24-8-2-4-17(24)14-23(9-10-25)13-15-3-1-7-22-12-15/h1-8,11-12,25H,9-10,13-14H2. The fourth-order valence-electron chi connectivity index (χ4n) is 2.79. The molecule has 0 fully saturated rings. The smallest absolute Gasteiger partial charge is 0.150 e. The summed E-state index contributed by atoms with van der Waals surface area (Å²) in [6.07, 6.45) is 5.23. The molecule has 2 heterocycles. The minimum absolute atomic E-state index is 0.0197. The molecule has 0 atom stereocenters. The molecular weight excluding hydrogens is 324 g/mol. The zero-order valence-electron chi connectivity index (χ0n) is 13.6. The van der Waals surface area contributed by atoms with Crippen LogP contribution in [0.15, 0.2) is 61.1 Å². The Labute approximate surface area is 145 Å². The summed E-state index contributed by atoms with van der Waals surface area (Å²) >= 11 is 0. The molecule has 1 aromatic carbocycles. The molecule has 0 bridgehead atoms. The average Bonchev–Trinajstić information content (AvgIpc) is 3.04. The van der Waals surface area contributed by atoms with Gasteiger partial charge in [0.25, 0.3) is 0 Å². The van der Waals surface area contributed by atoms with Gasteiger partial charge in [0.1, 0.15) is 11.6 Å². The Hall–Kier alpha value is -2.57. The van der Waals surface area contributed by atoms with Crippen LogP contribution < -0.4 is 0 Å². The maximum atomic E-state index is 14.1. The van der Waals surface area contributed by atoms with Gasteiger partial charge in [-0.05, 0) is 35.9 Å². The number of pyridine rings is 1. The summed E-state index contributed by atoms with van der Waals surface area (Å²) in [6, 6.07) is 11.1. The fraction of sp³-hybridized carbons (Fsp3) is 0.211. The van der Waals surface area contributed by atoms with Gasteiger partial charge in [0.2, 0.25) is 0 Å². The van der Waals surface area contributed by atoms with E-state index < -0.39 is 11.6 Å². The van der Waals surface area contributed by atoms with E-state index in [0.29, 0.717) is 25.3 Å². The Morgan fingerprint density at radius 3 is 2.68 bits per heavy atom. The summed E-state index contributed by atoms with van der Waals surface area (Å²) in [5.74, 6) is -1.22. The van der Waals surface area contributed by atoms with E-state index in [2.05, 4.69) is 4.98 Å². The van der Waals surface area contributed by atoms with Gasteiger partial charge < -0.3 is 9.67 Å². The van der Waals surface area contributed by atoms with Gasteiger partial charge >= 0.3 is 0 Å².